The number of rotatable bonds is 16. The standard InChI is InChI=1S/2C8H11NO8.8Na/c2*10-5(11)1-3(7(14)15)9-4(8(16)17)2-6(12)13;;;;;;;;/h2*3-4,9H,1-2H2,(H,10,11)(H,12,13)(H,14,15)(H,16,17);;;;;;;;/q;;8*+1/p-8. The van der Waals surface area contributed by atoms with Crippen molar-refractivity contribution in [2.75, 3.05) is 0 Å². The minimum Gasteiger partial charge on any atom is -0.550 e. The Labute approximate surface area is 415 Å². The van der Waals surface area contributed by atoms with Gasteiger partial charge in [-0.3, -0.25) is 0 Å². The van der Waals surface area contributed by atoms with Gasteiger partial charge in [-0.1, -0.05) is 0 Å². The maximum atomic E-state index is 10.4. The van der Waals surface area contributed by atoms with Crippen molar-refractivity contribution < 1.29 is 316 Å². The third-order valence-corrected chi connectivity index (χ3v) is 3.43. The van der Waals surface area contributed by atoms with Crippen molar-refractivity contribution in [3.63, 3.8) is 0 Å². The van der Waals surface area contributed by atoms with Gasteiger partial charge in [0.15, 0.2) is 0 Å². The maximum absolute atomic E-state index is 10.4. The zero-order valence-corrected chi connectivity index (χ0v) is 40.7. The van der Waals surface area contributed by atoms with Crippen LogP contribution in [0.15, 0.2) is 0 Å². The summed E-state index contributed by atoms with van der Waals surface area (Å²) >= 11 is 0. The van der Waals surface area contributed by atoms with Gasteiger partial charge in [-0.2, -0.15) is 0 Å². The minimum atomic E-state index is -1.90. The van der Waals surface area contributed by atoms with Gasteiger partial charge < -0.3 is 89.8 Å². The van der Waals surface area contributed by atoms with Crippen LogP contribution in [0.2, 0.25) is 0 Å². The van der Waals surface area contributed by atoms with Gasteiger partial charge in [-0.15, -0.1) is 0 Å². The van der Waals surface area contributed by atoms with Gasteiger partial charge in [0.2, 0.25) is 0 Å². The molecule has 0 saturated carbocycles. The number of carbonyl (C=O) groups excluding carboxylic acids is 8. The molecule has 0 aromatic carbocycles. The van der Waals surface area contributed by atoms with E-state index in [1.54, 1.807) is 10.6 Å². The molecule has 42 heavy (non-hydrogen) atoms. The molecule has 0 amide bonds. The summed E-state index contributed by atoms with van der Waals surface area (Å²) < 4.78 is 0. The fourth-order valence-corrected chi connectivity index (χ4v) is 1.99. The number of nitrogens with one attached hydrogen (secondary N) is 2. The van der Waals surface area contributed by atoms with Gasteiger partial charge in [0.1, 0.15) is 0 Å². The summed E-state index contributed by atoms with van der Waals surface area (Å²) in [6, 6.07) is -7.60. The molecule has 0 aromatic heterocycles. The molecule has 18 nitrogen and oxygen atoms in total. The van der Waals surface area contributed by atoms with E-state index in [9.17, 15) is 79.2 Å². The Hall–Kier alpha value is 3.68. The molecule has 0 heterocycles. The SMILES string of the molecule is O=C([O-])CC(NC(CC(=O)[O-])C(=O)[O-])C(=O)[O-].O=C([O-])CC(NC(CC(=O)[O-])C(=O)[O-])C(=O)[O-].[Na+].[Na+].[Na+].[Na+].[Na+].[Na+].[Na+].[Na+]. The second-order valence-electron chi connectivity index (χ2n) is 6.12. The van der Waals surface area contributed by atoms with Crippen LogP contribution >= 0.6 is 0 Å². The average molecular weight is 674 g/mol. The molecule has 4 unspecified atom stereocenters. The predicted octanol–water partition coefficient (Wildman–Crippen LogP) is -37.8. The van der Waals surface area contributed by atoms with Gasteiger partial charge in [0, 0.05) is 49.6 Å². The number of carbonyl (C=O) groups is 8. The second kappa shape index (κ2) is 40.9. The largest absolute Gasteiger partial charge is 1.00 e. The van der Waals surface area contributed by atoms with Crippen LogP contribution in [-0.2, 0) is 38.4 Å². The van der Waals surface area contributed by atoms with Crippen molar-refractivity contribution in [2.45, 2.75) is 49.9 Å². The van der Waals surface area contributed by atoms with Crippen LogP contribution in [0.4, 0.5) is 0 Å². The molecule has 192 valence electrons. The molecule has 0 aromatic rings. The molecule has 0 spiro atoms. The fourth-order valence-electron chi connectivity index (χ4n) is 1.99. The van der Waals surface area contributed by atoms with Crippen molar-refractivity contribution in [1.82, 2.24) is 10.6 Å². The van der Waals surface area contributed by atoms with Crippen LogP contribution in [0.1, 0.15) is 25.7 Å². The first-order valence-electron chi connectivity index (χ1n) is 8.62. The van der Waals surface area contributed by atoms with E-state index in [4.69, 9.17) is 0 Å². The van der Waals surface area contributed by atoms with Crippen LogP contribution < -0.4 is 288 Å². The molecule has 2 N–H and O–H groups in total. The first kappa shape index (κ1) is 71.6. The van der Waals surface area contributed by atoms with Crippen LogP contribution in [0.3, 0.4) is 0 Å². The van der Waals surface area contributed by atoms with E-state index in [1.807, 2.05) is 0 Å². The number of carboxylic acids is 8. The van der Waals surface area contributed by atoms with Crippen molar-refractivity contribution in [2.24, 2.45) is 0 Å². The first-order chi connectivity index (χ1) is 15.5. The summed E-state index contributed by atoms with van der Waals surface area (Å²) in [5.74, 6) is -14.7. The van der Waals surface area contributed by atoms with Crippen molar-refractivity contribution in [1.29, 1.82) is 0 Å². The van der Waals surface area contributed by atoms with E-state index in [0.717, 1.165) is 0 Å². The summed E-state index contributed by atoms with van der Waals surface area (Å²) in [6.45, 7) is 0. The number of aliphatic carboxylic acids is 8. The van der Waals surface area contributed by atoms with Gasteiger partial charge >= 0.3 is 236 Å². The number of hydrogen-bond acceptors (Lipinski definition) is 18. The van der Waals surface area contributed by atoms with E-state index in [1.165, 1.54) is 0 Å². The molecule has 0 radical (unpaired) electrons. The maximum Gasteiger partial charge on any atom is 1.00 e. The molecular weight excluding hydrogens is 660 g/mol. The van der Waals surface area contributed by atoms with Gasteiger partial charge in [0.05, 0.1) is 48.0 Å². The smallest absolute Gasteiger partial charge is 0.550 e. The summed E-state index contributed by atoms with van der Waals surface area (Å²) in [6.07, 6.45) is -4.28. The molecule has 0 aliphatic rings. The number of hydrogen-bond donors (Lipinski definition) is 2. The monoisotopic (exact) mass is 674 g/mol. The molecule has 0 bridgehead atoms. The molecular formula is C16H14N2Na8O16. The van der Waals surface area contributed by atoms with E-state index >= 15 is 0 Å². The summed E-state index contributed by atoms with van der Waals surface area (Å²) in [5, 5.41) is 85.9. The van der Waals surface area contributed by atoms with Crippen molar-refractivity contribution in [3.8, 4) is 0 Å². The second-order valence-corrected chi connectivity index (χ2v) is 6.12. The predicted molar refractivity (Wildman–Crippen MR) is 79.9 cm³/mol. The number of carboxylic acid groups (broad SMARTS) is 8. The van der Waals surface area contributed by atoms with Crippen molar-refractivity contribution >= 4 is 47.8 Å². The summed E-state index contributed by atoms with van der Waals surface area (Å²) in [5.41, 5.74) is 0. The molecule has 4 atom stereocenters. The van der Waals surface area contributed by atoms with Gasteiger partial charge in [-0.05, 0) is 0 Å². The quantitative estimate of drug-likeness (QED) is 0.143. The minimum absolute atomic E-state index is 0. The third kappa shape index (κ3) is 41.7. The Balaban J connectivity index is -0.0000000512. The third-order valence-electron chi connectivity index (χ3n) is 3.43. The zero-order valence-electron chi connectivity index (χ0n) is 24.7. The van der Waals surface area contributed by atoms with Gasteiger partial charge in [0.25, 0.3) is 0 Å². The Morgan fingerprint density at radius 3 is 0.524 bits per heavy atom. The molecule has 0 fully saturated rings. The zero-order chi connectivity index (χ0) is 27.2. The Morgan fingerprint density at radius 1 is 0.333 bits per heavy atom. The van der Waals surface area contributed by atoms with Gasteiger partial charge in [-0.25, -0.2) is 0 Å². The van der Waals surface area contributed by atoms with E-state index in [-0.39, 0.29) is 236 Å². The van der Waals surface area contributed by atoms with Crippen LogP contribution in [0.25, 0.3) is 0 Å². The average Bonchev–Trinajstić information content (AvgIpc) is 2.64. The topological polar surface area (TPSA) is 345 Å². The molecule has 0 aliphatic carbocycles. The molecule has 0 saturated heterocycles. The van der Waals surface area contributed by atoms with Crippen molar-refractivity contribution in [3.05, 3.63) is 0 Å². The Bertz CT molecular complexity index is 708. The normalized spacial score (nSPS) is 11.0. The summed E-state index contributed by atoms with van der Waals surface area (Å²) in [4.78, 5) is 82.4. The van der Waals surface area contributed by atoms with E-state index < -0.39 is 97.6 Å². The molecule has 26 heteroatoms. The van der Waals surface area contributed by atoms with E-state index in [0.29, 0.717) is 0 Å². The first-order valence-corrected chi connectivity index (χ1v) is 8.62. The fraction of sp³-hybridized carbons (Fsp3) is 0.500. The summed E-state index contributed by atoms with van der Waals surface area (Å²) in [7, 11) is 0. The Kier molecular flexibility index (Phi) is 69.7. The van der Waals surface area contributed by atoms with E-state index in [2.05, 4.69) is 0 Å². The van der Waals surface area contributed by atoms with Crippen LogP contribution in [0, 0.1) is 0 Å². The van der Waals surface area contributed by atoms with Crippen LogP contribution in [0.5, 0.6) is 0 Å². The molecule has 0 aliphatic heterocycles. The molecule has 0 rings (SSSR count). The Morgan fingerprint density at radius 2 is 0.452 bits per heavy atom. The van der Waals surface area contributed by atoms with Crippen LogP contribution in [-0.4, -0.2) is 71.9 Å².